The maximum absolute atomic E-state index is 13.4. The zero-order valence-corrected chi connectivity index (χ0v) is 12.1. The van der Waals surface area contributed by atoms with E-state index in [0.29, 0.717) is 32.4 Å². The molecule has 0 unspecified atom stereocenters. The van der Waals surface area contributed by atoms with Crippen LogP contribution in [-0.4, -0.2) is 5.16 Å². The van der Waals surface area contributed by atoms with Crippen molar-refractivity contribution in [1.29, 1.82) is 0 Å². The van der Waals surface area contributed by atoms with E-state index in [4.69, 9.17) is 33.5 Å². The van der Waals surface area contributed by atoms with E-state index in [1.165, 1.54) is 12.1 Å². The molecule has 0 atom stereocenters. The second-order valence-electron chi connectivity index (χ2n) is 4.40. The van der Waals surface area contributed by atoms with Crippen LogP contribution >= 0.6 is 23.2 Å². The fourth-order valence-electron chi connectivity index (χ4n) is 2.09. The van der Waals surface area contributed by atoms with Gasteiger partial charge in [0.25, 0.3) is 0 Å². The largest absolute Gasteiger partial charge is 0.367 e. The smallest absolute Gasteiger partial charge is 0.230 e. The Balaban J connectivity index is 2.22. The molecule has 0 saturated heterocycles. The third kappa shape index (κ3) is 2.60. The second-order valence-corrected chi connectivity index (χ2v) is 5.25. The van der Waals surface area contributed by atoms with Crippen molar-refractivity contribution in [2.75, 3.05) is 5.73 Å². The van der Waals surface area contributed by atoms with Crippen molar-refractivity contribution in [3.05, 3.63) is 58.3 Å². The van der Waals surface area contributed by atoms with Gasteiger partial charge < -0.3 is 10.3 Å². The summed E-state index contributed by atoms with van der Waals surface area (Å²) in [6, 6.07) is 11.0. The molecule has 0 saturated carbocycles. The first-order chi connectivity index (χ1) is 10.1. The van der Waals surface area contributed by atoms with Gasteiger partial charge in [-0.2, -0.15) is 0 Å². The highest BCUT2D eigenvalue weighted by Crippen LogP contribution is 2.40. The molecule has 1 heterocycles. The fraction of sp³-hybridized carbons (Fsp3) is 0. The van der Waals surface area contributed by atoms with Crippen LogP contribution in [0.25, 0.3) is 22.4 Å². The van der Waals surface area contributed by atoms with Crippen LogP contribution in [0.3, 0.4) is 0 Å². The Bertz CT molecular complexity index is 817. The van der Waals surface area contributed by atoms with E-state index in [9.17, 15) is 4.39 Å². The minimum absolute atomic E-state index is 0.110. The predicted molar refractivity (Wildman–Crippen MR) is 81.8 cm³/mol. The molecule has 3 rings (SSSR count). The highest BCUT2D eigenvalue weighted by molar-refractivity contribution is 6.36. The molecule has 0 radical (unpaired) electrons. The van der Waals surface area contributed by atoms with Crippen molar-refractivity contribution in [3.63, 3.8) is 0 Å². The van der Waals surface area contributed by atoms with Gasteiger partial charge in [-0.15, -0.1) is 0 Å². The van der Waals surface area contributed by atoms with E-state index in [-0.39, 0.29) is 11.7 Å². The van der Waals surface area contributed by atoms with Gasteiger partial charge in [-0.05, 0) is 24.3 Å². The molecule has 6 heteroatoms. The third-order valence-electron chi connectivity index (χ3n) is 3.02. The first kappa shape index (κ1) is 13.9. The van der Waals surface area contributed by atoms with Crippen LogP contribution in [0.15, 0.2) is 47.0 Å². The Labute approximate surface area is 130 Å². The van der Waals surface area contributed by atoms with Crippen LogP contribution in [0.1, 0.15) is 0 Å². The molecular weight excluding hydrogens is 314 g/mol. The quantitative estimate of drug-likeness (QED) is 0.719. The van der Waals surface area contributed by atoms with Gasteiger partial charge in [0.05, 0.1) is 10.6 Å². The molecule has 0 fully saturated rings. The lowest BCUT2D eigenvalue weighted by Crippen LogP contribution is -1.89. The lowest BCUT2D eigenvalue weighted by molar-refractivity contribution is 0.439. The minimum Gasteiger partial charge on any atom is -0.367 e. The summed E-state index contributed by atoms with van der Waals surface area (Å²) in [5.41, 5.74) is 7.96. The number of nitrogens with zero attached hydrogens (tertiary/aromatic N) is 1. The molecule has 0 bridgehead atoms. The maximum Gasteiger partial charge on any atom is 0.230 e. The number of halogens is 3. The molecule has 21 heavy (non-hydrogen) atoms. The summed E-state index contributed by atoms with van der Waals surface area (Å²) in [7, 11) is 0. The van der Waals surface area contributed by atoms with Crippen LogP contribution in [0.5, 0.6) is 0 Å². The average molecular weight is 323 g/mol. The zero-order chi connectivity index (χ0) is 15.0. The number of hydrogen-bond acceptors (Lipinski definition) is 3. The Morgan fingerprint density at radius 2 is 1.90 bits per heavy atom. The number of aromatic nitrogens is 1. The molecule has 0 aliphatic carbocycles. The molecule has 106 valence electrons. The molecule has 1 aromatic heterocycles. The zero-order valence-electron chi connectivity index (χ0n) is 10.6. The second kappa shape index (κ2) is 5.39. The van der Waals surface area contributed by atoms with Crippen molar-refractivity contribution in [2.45, 2.75) is 0 Å². The fourth-order valence-corrected chi connectivity index (χ4v) is 2.59. The van der Waals surface area contributed by atoms with Crippen LogP contribution in [-0.2, 0) is 0 Å². The summed E-state index contributed by atoms with van der Waals surface area (Å²) in [6.07, 6.45) is 0. The highest BCUT2D eigenvalue weighted by Gasteiger charge is 2.20. The van der Waals surface area contributed by atoms with E-state index < -0.39 is 0 Å². The molecule has 0 aliphatic heterocycles. The summed E-state index contributed by atoms with van der Waals surface area (Å²) in [5, 5.41) is 4.83. The molecule has 0 amide bonds. The molecule has 0 spiro atoms. The predicted octanol–water partition coefficient (Wildman–Crippen LogP) is 5.04. The number of rotatable bonds is 2. The van der Waals surface area contributed by atoms with E-state index >= 15 is 0 Å². The van der Waals surface area contributed by atoms with Crippen molar-refractivity contribution >= 4 is 29.1 Å². The van der Waals surface area contributed by atoms with E-state index in [1.54, 1.807) is 30.3 Å². The van der Waals surface area contributed by atoms with Gasteiger partial charge in [-0.1, -0.05) is 46.6 Å². The van der Waals surface area contributed by atoms with Crippen LogP contribution < -0.4 is 5.73 Å². The summed E-state index contributed by atoms with van der Waals surface area (Å²) < 4.78 is 18.4. The van der Waals surface area contributed by atoms with Gasteiger partial charge in [-0.25, -0.2) is 4.39 Å². The third-order valence-corrected chi connectivity index (χ3v) is 3.56. The molecule has 2 aromatic carbocycles. The van der Waals surface area contributed by atoms with Crippen molar-refractivity contribution in [2.24, 2.45) is 0 Å². The molecule has 3 nitrogen and oxygen atoms in total. The number of nitrogens with two attached hydrogens (primary N) is 1. The normalized spacial score (nSPS) is 10.8. The van der Waals surface area contributed by atoms with Crippen molar-refractivity contribution < 1.29 is 8.91 Å². The van der Waals surface area contributed by atoms with Gasteiger partial charge in [0.1, 0.15) is 11.5 Å². The summed E-state index contributed by atoms with van der Waals surface area (Å²) in [5.74, 6) is -0.263. The van der Waals surface area contributed by atoms with Crippen LogP contribution in [0.4, 0.5) is 10.3 Å². The minimum atomic E-state index is -0.373. The molecular formula is C15H9Cl2FN2O. The Morgan fingerprint density at radius 1 is 1.10 bits per heavy atom. The van der Waals surface area contributed by atoms with E-state index in [2.05, 4.69) is 5.16 Å². The lowest BCUT2D eigenvalue weighted by atomic mass is 10.0. The van der Waals surface area contributed by atoms with Gasteiger partial charge in [0, 0.05) is 16.1 Å². The Kier molecular flexibility index (Phi) is 3.57. The summed E-state index contributed by atoms with van der Waals surface area (Å²) in [4.78, 5) is 0. The first-order valence-electron chi connectivity index (χ1n) is 6.03. The molecule has 3 aromatic rings. The lowest BCUT2D eigenvalue weighted by Gasteiger charge is -2.06. The van der Waals surface area contributed by atoms with Gasteiger partial charge >= 0.3 is 0 Å². The molecule has 0 aliphatic rings. The van der Waals surface area contributed by atoms with E-state index in [0.717, 1.165) is 0 Å². The average Bonchev–Trinajstić information content (AvgIpc) is 2.81. The van der Waals surface area contributed by atoms with Crippen molar-refractivity contribution in [1.82, 2.24) is 5.16 Å². The maximum atomic E-state index is 13.4. The number of benzene rings is 2. The Hall–Kier alpha value is -2.04. The topological polar surface area (TPSA) is 52.0 Å². The van der Waals surface area contributed by atoms with Crippen LogP contribution in [0, 0.1) is 5.82 Å². The Morgan fingerprint density at radius 3 is 2.62 bits per heavy atom. The standard InChI is InChI=1S/C15H9Cl2FN2O/c16-9-4-5-11(12(17)7-9)13-14(20-21-15(13)19)8-2-1-3-10(18)6-8/h1-7H,19H2. The highest BCUT2D eigenvalue weighted by atomic mass is 35.5. The first-order valence-corrected chi connectivity index (χ1v) is 6.78. The van der Waals surface area contributed by atoms with Crippen molar-refractivity contribution in [3.8, 4) is 22.4 Å². The van der Waals surface area contributed by atoms with Gasteiger partial charge in [0.2, 0.25) is 5.88 Å². The SMILES string of the molecule is Nc1onc(-c2cccc(F)c2)c1-c1ccc(Cl)cc1Cl. The molecule has 2 N–H and O–H groups in total. The summed E-state index contributed by atoms with van der Waals surface area (Å²) >= 11 is 12.1. The monoisotopic (exact) mass is 322 g/mol. The van der Waals surface area contributed by atoms with E-state index in [1.807, 2.05) is 0 Å². The van der Waals surface area contributed by atoms with Gasteiger partial charge in [0.15, 0.2) is 0 Å². The van der Waals surface area contributed by atoms with Gasteiger partial charge in [-0.3, -0.25) is 0 Å². The number of nitrogen functional groups attached to an aromatic ring is 1. The summed E-state index contributed by atoms with van der Waals surface area (Å²) in [6.45, 7) is 0. The number of anilines is 1. The van der Waals surface area contributed by atoms with Crippen LogP contribution in [0.2, 0.25) is 10.0 Å². The number of hydrogen-bond donors (Lipinski definition) is 1.